The van der Waals surface area contributed by atoms with Crippen molar-refractivity contribution >= 4 is 5.82 Å². The van der Waals surface area contributed by atoms with Crippen molar-refractivity contribution in [2.24, 2.45) is 0 Å². The van der Waals surface area contributed by atoms with Gasteiger partial charge in [0.25, 0.3) is 0 Å². The van der Waals surface area contributed by atoms with E-state index < -0.39 is 0 Å². The van der Waals surface area contributed by atoms with Crippen LogP contribution < -0.4 is 9.64 Å². The first-order chi connectivity index (χ1) is 10.8. The number of rotatable bonds is 4. The van der Waals surface area contributed by atoms with E-state index in [9.17, 15) is 0 Å². The fourth-order valence-corrected chi connectivity index (χ4v) is 3.06. The number of nitrogens with zero attached hydrogens (tertiary/aromatic N) is 3. The van der Waals surface area contributed by atoms with Gasteiger partial charge in [-0.3, -0.25) is 0 Å². The van der Waals surface area contributed by atoms with E-state index in [1.807, 2.05) is 19.2 Å². The number of hydrogen-bond acceptors (Lipinski definition) is 4. The van der Waals surface area contributed by atoms with Crippen LogP contribution >= 0.6 is 0 Å². The molecule has 22 heavy (non-hydrogen) atoms. The quantitative estimate of drug-likeness (QED) is 0.867. The van der Waals surface area contributed by atoms with Gasteiger partial charge >= 0.3 is 0 Å². The largest absolute Gasteiger partial charge is 0.494 e. The molecule has 4 heteroatoms. The molecule has 2 aromatic rings. The minimum absolute atomic E-state index is 0.599. The first-order valence-corrected chi connectivity index (χ1v) is 8.16. The topological polar surface area (TPSA) is 38.2 Å². The molecule has 0 bridgehead atoms. The lowest BCUT2D eigenvalue weighted by Crippen LogP contribution is -2.31. The molecule has 2 heterocycles. The Morgan fingerprint density at radius 3 is 2.95 bits per heavy atom. The van der Waals surface area contributed by atoms with Crippen LogP contribution in [0.15, 0.2) is 30.5 Å². The molecule has 1 aliphatic heterocycles. The maximum Gasteiger partial charge on any atom is 0.133 e. The van der Waals surface area contributed by atoms with Gasteiger partial charge in [0.2, 0.25) is 0 Å². The van der Waals surface area contributed by atoms with Gasteiger partial charge in [0.05, 0.1) is 6.61 Å². The summed E-state index contributed by atoms with van der Waals surface area (Å²) < 4.78 is 5.63. The summed E-state index contributed by atoms with van der Waals surface area (Å²) in [6.07, 6.45) is 5.45. The summed E-state index contributed by atoms with van der Waals surface area (Å²) in [5, 5.41) is 0. The van der Waals surface area contributed by atoms with Crippen molar-refractivity contribution in [2.45, 2.75) is 38.6 Å². The van der Waals surface area contributed by atoms with E-state index in [4.69, 9.17) is 9.72 Å². The Morgan fingerprint density at radius 1 is 1.23 bits per heavy atom. The Kier molecular flexibility index (Phi) is 3.45. The lowest BCUT2D eigenvalue weighted by molar-refractivity contribution is 0.339. The number of ether oxygens (including phenoxy) is 1. The molecule has 114 valence electrons. The zero-order valence-electron chi connectivity index (χ0n) is 13.0. The monoisotopic (exact) mass is 295 g/mol. The average molecular weight is 295 g/mol. The molecule has 1 aliphatic carbocycles. The SMILES string of the molecule is CCOc1ccc2c(c1)CN(c1ccnc(C3CC3)n1)CC2. The third-order valence-corrected chi connectivity index (χ3v) is 4.43. The van der Waals surface area contributed by atoms with Gasteiger partial charge < -0.3 is 9.64 Å². The maximum atomic E-state index is 5.63. The molecule has 1 saturated carbocycles. The Bertz CT molecular complexity index is 682. The molecule has 0 atom stereocenters. The lowest BCUT2D eigenvalue weighted by atomic mass is 9.99. The van der Waals surface area contributed by atoms with Crippen LogP contribution in [0, 0.1) is 0 Å². The Balaban J connectivity index is 1.57. The highest BCUT2D eigenvalue weighted by molar-refractivity contribution is 5.46. The fraction of sp³-hybridized carbons (Fsp3) is 0.444. The summed E-state index contributed by atoms with van der Waals surface area (Å²) in [5.41, 5.74) is 2.78. The minimum Gasteiger partial charge on any atom is -0.494 e. The van der Waals surface area contributed by atoms with Gasteiger partial charge in [-0.2, -0.15) is 0 Å². The Labute approximate surface area is 131 Å². The smallest absolute Gasteiger partial charge is 0.133 e. The van der Waals surface area contributed by atoms with Crippen molar-refractivity contribution in [1.29, 1.82) is 0 Å². The van der Waals surface area contributed by atoms with Gasteiger partial charge in [-0.05, 0) is 55.5 Å². The third kappa shape index (κ3) is 2.65. The van der Waals surface area contributed by atoms with Crippen LogP contribution in [0.5, 0.6) is 5.75 Å². The van der Waals surface area contributed by atoms with Gasteiger partial charge in [0, 0.05) is 25.2 Å². The Morgan fingerprint density at radius 2 is 2.14 bits per heavy atom. The zero-order chi connectivity index (χ0) is 14.9. The van der Waals surface area contributed by atoms with Crippen molar-refractivity contribution < 1.29 is 4.74 Å². The number of anilines is 1. The van der Waals surface area contributed by atoms with Gasteiger partial charge in [0.15, 0.2) is 0 Å². The van der Waals surface area contributed by atoms with Crippen LogP contribution in [-0.2, 0) is 13.0 Å². The van der Waals surface area contributed by atoms with E-state index in [0.29, 0.717) is 12.5 Å². The summed E-state index contributed by atoms with van der Waals surface area (Å²) in [4.78, 5) is 11.5. The van der Waals surface area contributed by atoms with Gasteiger partial charge in [-0.15, -0.1) is 0 Å². The molecule has 1 fully saturated rings. The highest BCUT2D eigenvalue weighted by Gasteiger charge is 2.27. The molecule has 2 aliphatic rings. The number of benzene rings is 1. The standard InChI is InChI=1S/C18H21N3O/c1-2-22-16-6-5-13-8-10-21(12-15(13)11-16)17-7-9-19-18(20-17)14-3-4-14/h5-7,9,11,14H,2-4,8,10,12H2,1H3. The van der Waals surface area contributed by atoms with Crippen molar-refractivity contribution in [3.63, 3.8) is 0 Å². The second-order valence-electron chi connectivity index (χ2n) is 6.08. The first-order valence-electron chi connectivity index (χ1n) is 8.16. The van der Waals surface area contributed by atoms with Gasteiger partial charge in [0.1, 0.15) is 17.4 Å². The first kappa shape index (κ1) is 13.6. The van der Waals surface area contributed by atoms with Crippen molar-refractivity contribution in [2.75, 3.05) is 18.1 Å². The van der Waals surface area contributed by atoms with Crippen LogP contribution in [0.1, 0.15) is 42.6 Å². The van der Waals surface area contributed by atoms with E-state index in [0.717, 1.165) is 36.9 Å². The molecule has 4 rings (SSSR count). The zero-order valence-corrected chi connectivity index (χ0v) is 13.0. The second kappa shape index (κ2) is 5.59. The molecule has 0 unspecified atom stereocenters. The molecule has 1 aromatic carbocycles. The normalized spacial score (nSPS) is 17.2. The van der Waals surface area contributed by atoms with E-state index in [-0.39, 0.29) is 0 Å². The van der Waals surface area contributed by atoms with Crippen LogP contribution in [0.3, 0.4) is 0 Å². The summed E-state index contributed by atoms with van der Waals surface area (Å²) in [6, 6.07) is 8.48. The Hall–Kier alpha value is -2.10. The minimum atomic E-state index is 0.599. The predicted molar refractivity (Wildman–Crippen MR) is 86.4 cm³/mol. The second-order valence-corrected chi connectivity index (χ2v) is 6.08. The third-order valence-electron chi connectivity index (χ3n) is 4.43. The van der Waals surface area contributed by atoms with Crippen LogP contribution in [-0.4, -0.2) is 23.1 Å². The number of hydrogen-bond donors (Lipinski definition) is 0. The average Bonchev–Trinajstić information content (AvgIpc) is 3.40. The molecule has 0 spiro atoms. The number of fused-ring (bicyclic) bond motifs is 1. The molecule has 0 saturated heterocycles. The van der Waals surface area contributed by atoms with E-state index >= 15 is 0 Å². The summed E-state index contributed by atoms with van der Waals surface area (Å²) >= 11 is 0. The number of aromatic nitrogens is 2. The lowest BCUT2D eigenvalue weighted by Gasteiger charge is -2.30. The van der Waals surface area contributed by atoms with Crippen LogP contribution in [0.2, 0.25) is 0 Å². The van der Waals surface area contributed by atoms with Crippen LogP contribution in [0.25, 0.3) is 0 Å². The molecule has 1 aromatic heterocycles. The van der Waals surface area contributed by atoms with Crippen molar-refractivity contribution in [1.82, 2.24) is 9.97 Å². The summed E-state index contributed by atoms with van der Waals surface area (Å²) in [5.74, 6) is 3.64. The van der Waals surface area contributed by atoms with Crippen molar-refractivity contribution in [3.8, 4) is 5.75 Å². The summed E-state index contributed by atoms with van der Waals surface area (Å²) in [6.45, 7) is 4.64. The van der Waals surface area contributed by atoms with Crippen molar-refractivity contribution in [3.05, 3.63) is 47.4 Å². The molecular formula is C18H21N3O. The molecule has 0 N–H and O–H groups in total. The van der Waals surface area contributed by atoms with E-state index in [1.54, 1.807) is 0 Å². The maximum absolute atomic E-state index is 5.63. The molecule has 4 nitrogen and oxygen atoms in total. The molecular weight excluding hydrogens is 274 g/mol. The van der Waals surface area contributed by atoms with Gasteiger partial charge in [-0.1, -0.05) is 6.07 Å². The van der Waals surface area contributed by atoms with Crippen LogP contribution in [0.4, 0.5) is 5.82 Å². The molecule has 0 radical (unpaired) electrons. The highest BCUT2D eigenvalue weighted by Crippen LogP contribution is 2.38. The van der Waals surface area contributed by atoms with E-state index in [2.05, 4.69) is 28.1 Å². The van der Waals surface area contributed by atoms with E-state index in [1.165, 1.54) is 24.0 Å². The predicted octanol–water partition coefficient (Wildman–Crippen LogP) is 3.32. The summed E-state index contributed by atoms with van der Waals surface area (Å²) in [7, 11) is 0. The van der Waals surface area contributed by atoms with Gasteiger partial charge in [-0.25, -0.2) is 9.97 Å². The molecule has 0 amide bonds. The highest BCUT2D eigenvalue weighted by atomic mass is 16.5. The fourth-order valence-electron chi connectivity index (χ4n) is 3.06.